The molecule has 0 aliphatic heterocycles. The molecule has 0 aliphatic carbocycles. The van der Waals surface area contributed by atoms with Gasteiger partial charge in [0.15, 0.2) is 5.58 Å². The zero-order chi connectivity index (χ0) is 25.1. The molecule has 2 amide bonds. The van der Waals surface area contributed by atoms with Gasteiger partial charge in [-0.1, -0.05) is 18.2 Å². The molecule has 0 fully saturated rings. The molecule has 0 atom stereocenters. The van der Waals surface area contributed by atoms with Gasteiger partial charge in [-0.25, -0.2) is 14.9 Å². The molecular formula is C25H31N3O6. The Labute approximate surface area is 198 Å². The summed E-state index contributed by atoms with van der Waals surface area (Å²) in [5.74, 6) is 0. The number of hydrogen-bond acceptors (Lipinski definition) is 7. The van der Waals surface area contributed by atoms with E-state index in [1.54, 1.807) is 53.7 Å². The number of rotatable bonds is 5. The number of alkyl carbamates (subject to hydrolysis) is 1. The van der Waals surface area contributed by atoms with Gasteiger partial charge in [0.1, 0.15) is 16.7 Å². The molecule has 0 radical (unpaired) electrons. The van der Waals surface area contributed by atoms with Crippen LogP contribution < -0.4 is 10.6 Å². The van der Waals surface area contributed by atoms with Gasteiger partial charge in [-0.2, -0.15) is 4.98 Å². The van der Waals surface area contributed by atoms with Crippen LogP contribution in [0, 0.1) is 0 Å². The van der Waals surface area contributed by atoms with E-state index in [-0.39, 0.29) is 19.2 Å². The Morgan fingerprint density at radius 3 is 2.29 bits per heavy atom. The van der Waals surface area contributed by atoms with E-state index >= 15 is 0 Å². The lowest BCUT2D eigenvalue weighted by atomic mass is 10.00. The minimum atomic E-state index is -0.682. The number of carbonyl (C=O) groups excluding carboxylic acids is 2. The lowest BCUT2D eigenvalue weighted by molar-refractivity contribution is 0.0522. The molecule has 3 rings (SSSR count). The highest BCUT2D eigenvalue weighted by Gasteiger charge is 2.20. The highest BCUT2D eigenvalue weighted by molar-refractivity contribution is 5.93. The number of oxazole rings is 1. The second-order valence-corrected chi connectivity index (χ2v) is 9.85. The van der Waals surface area contributed by atoms with Gasteiger partial charge in [-0.05, 0) is 76.4 Å². The van der Waals surface area contributed by atoms with Crippen LogP contribution in [0.2, 0.25) is 0 Å². The molecule has 1 aromatic heterocycles. The standard InChI is InChI=1S/C25H31N3O6/c1-24(2,3)33-22(30)26-13-15-8-7-9-17(10-15)18-11-16(14-29)12-19-20(18)32-21(27-19)28-23(31)34-25(4,5)6/h7-12,29H,13-14H2,1-6H3,(H,26,30)(H,27,28,31). The van der Waals surface area contributed by atoms with E-state index in [2.05, 4.69) is 15.6 Å². The number of anilines is 1. The molecule has 0 unspecified atom stereocenters. The minimum Gasteiger partial charge on any atom is -0.444 e. The highest BCUT2D eigenvalue weighted by Crippen LogP contribution is 2.33. The number of nitrogens with one attached hydrogen (secondary N) is 2. The van der Waals surface area contributed by atoms with Gasteiger partial charge in [0.2, 0.25) is 0 Å². The molecule has 34 heavy (non-hydrogen) atoms. The van der Waals surface area contributed by atoms with Crippen molar-refractivity contribution in [1.29, 1.82) is 0 Å². The van der Waals surface area contributed by atoms with Gasteiger partial charge < -0.3 is 24.3 Å². The van der Waals surface area contributed by atoms with Gasteiger partial charge in [0.25, 0.3) is 0 Å². The fraction of sp³-hybridized carbons (Fsp3) is 0.400. The van der Waals surface area contributed by atoms with E-state index in [0.29, 0.717) is 22.2 Å². The number of aliphatic hydroxyl groups is 1. The zero-order valence-electron chi connectivity index (χ0n) is 20.3. The SMILES string of the molecule is CC(C)(C)OC(=O)NCc1cccc(-c2cc(CO)cc3nc(NC(=O)OC(C)(C)C)oc23)c1. The maximum atomic E-state index is 12.1. The van der Waals surface area contributed by atoms with Crippen molar-refractivity contribution in [3.05, 3.63) is 47.5 Å². The number of benzene rings is 2. The van der Waals surface area contributed by atoms with Gasteiger partial charge in [0, 0.05) is 12.1 Å². The number of aromatic nitrogens is 1. The molecular weight excluding hydrogens is 438 g/mol. The molecule has 2 aromatic carbocycles. The number of ether oxygens (including phenoxy) is 2. The Kier molecular flexibility index (Phi) is 7.16. The van der Waals surface area contributed by atoms with Crippen molar-refractivity contribution < 1.29 is 28.6 Å². The molecule has 0 bridgehead atoms. The summed E-state index contributed by atoms with van der Waals surface area (Å²) >= 11 is 0. The second kappa shape index (κ2) is 9.72. The molecule has 0 spiro atoms. The van der Waals surface area contributed by atoms with Gasteiger partial charge in [0.05, 0.1) is 6.61 Å². The molecule has 3 aromatic rings. The lowest BCUT2D eigenvalue weighted by Gasteiger charge is -2.19. The average Bonchev–Trinajstić information content (AvgIpc) is 3.11. The van der Waals surface area contributed by atoms with Crippen LogP contribution in [0.4, 0.5) is 15.6 Å². The third-order valence-corrected chi connectivity index (χ3v) is 4.41. The summed E-state index contributed by atoms with van der Waals surface area (Å²) in [5, 5.41) is 15.0. The number of nitrogens with zero attached hydrogens (tertiary/aromatic N) is 1. The van der Waals surface area contributed by atoms with Crippen LogP contribution in [-0.4, -0.2) is 33.5 Å². The molecule has 9 nitrogen and oxygen atoms in total. The number of carbonyl (C=O) groups is 2. The van der Waals surface area contributed by atoms with Crippen molar-refractivity contribution in [1.82, 2.24) is 10.3 Å². The maximum absolute atomic E-state index is 12.1. The molecule has 0 saturated heterocycles. The first-order valence-corrected chi connectivity index (χ1v) is 10.9. The van der Waals surface area contributed by atoms with Gasteiger partial charge >= 0.3 is 18.2 Å². The van der Waals surface area contributed by atoms with Crippen LogP contribution in [0.5, 0.6) is 0 Å². The molecule has 1 heterocycles. The number of aliphatic hydroxyl groups excluding tert-OH is 1. The first kappa shape index (κ1) is 25.0. The Morgan fingerprint density at radius 1 is 0.971 bits per heavy atom. The van der Waals surface area contributed by atoms with Crippen molar-refractivity contribution in [3.63, 3.8) is 0 Å². The monoisotopic (exact) mass is 469 g/mol. The fourth-order valence-corrected chi connectivity index (χ4v) is 3.18. The second-order valence-electron chi connectivity index (χ2n) is 9.85. The summed E-state index contributed by atoms with van der Waals surface area (Å²) in [7, 11) is 0. The van der Waals surface area contributed by atoms with E-state index < -0.39 is 23.4 Å². The van der Waals surface area contributed by atoms with Crippen LogP contribution in [-0.2, 0) is 22.6 Å². The Bertz CT molecular complexity index is 1190. The average molecular weight is 470 g/mol. The van der Waals surface area contributed by atoms with Crippen LogP contribution in [0.3, 0.4) is 0 Å². The summed E-state index contributed by atoms with van der Waals surface area (Å²) in [5.41, 5.74) is 2.63. The predicted molar refractivity (Wildman–Crippen MR) is 128 cm³/mol. The number of hydrogen-bond donors (Lipinski definition) is 3. The van der Waals surface area contributed by atoms with E-state index in [1.165, 1.54) is 0 Å². The largest absolute Gasteiger partial charge is 0.444 e. The first-order valence-electron chi connectivity index (χ1n) is 10.9. The first-order chi connectivity index (χ1) is 15.8. The summed E-state index contributed by atoms with van der Waals surface area (Å²) in [6.07, 6.45) is -1.19. The van der Waals surface area contributed by atoms with Crippen molar-refractivity contribution in [3.8, 4) is 11.1 Å². The summed E-state index contributed by atoms with van der Waals surface area (Å²) in [6.45, 7) is 10.8. The van der Waals surface area contributed by atoms with E-state index in [1.807, 2.05) is 24.3 Å². The van der Waals surface area contributed by atoms with Crippen LogP contribution >= 0.6 is 0 Å². The van der Waals surface area contributed by atoms with Crippen molar-refractivity contribution >= 4 is 29.3 Å². The predicted octanol–water partition coefficient (Wildman–Crippen LogP) is 5.36. The molecule has 0 saturated carbocycles. The van der Waals surface area contributed by atoms with Crippen LogP contribution in [0.15, 0.2) is 40.8 Å². The Morgan fingerprint density at radius 2 is 1.65 bits per heavy atom. The summed E-state index contributed by atoms with van der Waals surface area (Å²) < 4.78 is 16.4. The molecule has 9 heteroatoms. The van der Waals surface area contributed by atoms with Crippen LogP contribution in [0.1, 0.15) is 52.7 Å². The van der Waals surface area contributed by atoms with Crippen molar-refractivity contribution in [2.75, 3.05) is 5.32 Å². The van der Waals surface area contributed by atoms with Crippen molar-refractivity contribution in [2.45, 2.75) is 65.9 Å². The number of fused-ring (bicyclic) bond motifs is 1. The van der Waals surface area contributed by atoms with E-state index in [0.717, 1.165) is 11.1 Å². The zero-order valence-corrected chi connectivity index (χ0v) is 20.3. The van der Waals surface area contributed by atoms with Gasteiger partial charge in [-0.3, -0.25) is 0 Å². The Balaban J connectivity index is 1.88. The quantitative estimate of drug-likeness (QED) is 0.460. The third-order valence-electron chi connectivity index (χ3n) is 4.41. The normalized spacial score (nSPS) is 11.9. The number of amides is 2. The van der Waals surface area contributed by atoms with Crippen molar-refractivity contribution in [2.24, 2.45) is 0 Å². The minimum absolute atomic E-state index is 0.0108. The van der Waals surface area contributed by atoms with Gasteiger partial charge in [-0.15, -0.1) is 0 Å². The topological polar surface area (TPSA) is 123 Å². The molecule has 3 N–H and O–H groups in total. The third kappa shape index (κ3) is 6.95. The molecule has 0 aliphatic rings. The van der Waals surface area contributed by atoms with E-state index in [4.69, 9.17) is 13.9 Å². The summed E-state index contributed by atoms with van der Waals surface area (Å²) in [6, 6.07) is 11.0. The smallest absolute Gasteiger partial charge is 0.415 e. The highest BCUT2D eigenvalue weighted by atomic mass is 16.6. The van der Waals surface area contributed by atoms with E-state index in [9.17, 15) is 14.7 Å². The maximum Gasteiger partial charge on any atom is 0.415 e. The fourth-order valence-electron chi connectivity index (χ4n) is 3.18. The Hall–Kier alpha value is -3.59. The summed E-state index contributed by atoms with van der Waals surface area (Å²) in [4.78, 5) is 28.4. The lowest BCUT2D eigenvalue weighted by Crippen LogP contribution is -2.32. The molecule has 182 valence electrons. The van der Waals surface area contributed by atoms with Crippen LogP contribution in [0.25, 0.3) is 22.2 Å².